The zero-order chi connectivity index (χ0) is 11.5. The Bertz CT molecular complexity index is 561. The SMILES string of the molecule is C=CCc1ccc2ccc(S(=O)O)cc2c1. The van der Waals surface area contributed by atoms with E-state index >= 15 is 0 Å². The molecule has 0 aliphatic carbocycles. The molecule has 82 valence electrons. The Balaban J connectivity index is 2.56. The number of allylic oxidation sites excluding steroid dienone is 1. The highest BCUT2D eigenvalue weighted by atomic mass is 32.2. The van der Waals surface area contributed by atoms with Crippen LogP contribution in [0, 0.1) is 0 Å². The van der Waals surface area contributed by atoms with Gasteiger partial charge in [-0.3, -0.25) is 0 Å². The molecule has 0 aliphatic heterocycles. The largest absolute Gasteiger partial charge is 0.302 e. The monoisotopic (exact) mass is 232 g/mol. The molecule has 0 radical (unpaired) electrons. The Morgan fingerprint density at radius 2 is 1.94 bits per heavy atom. The third kappa shape index (κ3) is 2.21. The molecule has 1 unspecified atom stereocenters. The van der Waals surface area contributed by atoms with Crippen LogP contribution in [0.5, 0.6) is 0 Å². The van der Waals surface area contributed by atoms with E-state index < -0.39 is 11.1 Å². The smallest absolute Gasteiger partial charge is 0.186 e. The molecule has 0 aliphatic rings. The summed E-state index contributed by atoms with van der Waals surface area (Å²) >= 11 is -1.92. The molecule has 2 nitrogen and oxygen atoms in total. The van der Waals surface area contributed by atoms with Gasteiger partial charge in [0.25, 0.3) is 0 Å². The van der Waals surface area contributed by atoms with Crippen LogP contribution in [0.25, 0.3) is 10.8 Å². The summed E-state index contributed by atoms with van der Waals surface area (Å²) in [5.74, 6) is 0. The van der Waals surface area contributed by atoms with Crippen molar-refractivity contribution in [1.82, 2.24) is 0 Å². The summed E-state index contributed by atoms with van der Waals surface area (Å²) in [6.07, 6.45) is 2.65. The van der Waals surface area contributed by atoms with Crippen LogP contribution in [-0.2, 0) is 17.5 Å². The summed E-state index contributed by atoms with van der Waals surface area (Å²) in [6, 6.07) is 11.4. The molecule has 0 saturated heterocycles. The number of benzene rings is 2. The fourth-order valence-corrected chi connectivity index (χ4v) is 2.09. The Morgan fingerprint density at radius 3 is 2.62 bits per heavy atom. The van der Waals surface area contributed by atoms with Gasteiger partial charge in [0.15, 0.2) is 11.1 Å². The quantitative estimate of drug-likeness (QED) is 0.652. The van der Waals surface area contributed by atoms with E-state index in [9.17, 15) is 4.21 Å². The van der Waals surface area contributed by atoms with Crippen LogP contribution in [-0.4, -0.2) is 8.76 Å². The number of rotatable bonds is 3. The van der Waals surface area contributed by atoms with Crippen LogP contribution >= 0.6 is 0 Å². The molecule has 0 saturated carbocycles. The van der Waals surface area contributed by atoms with Crippen molar-refractivity contribution in [2.75, 3.05) is 0 Å². The van der Waals surface area contributed by atoms with Crippen LogP contribution in [0.2, 0.25) is 0 Å². The average Bonchev–Trinajstić information content (AvgIpc) is 2.28. The lowest BCUT2D eigenvalue weighted by Gasteiger charge is -2.03. The Labute approximate surface area is 96.9 Å². The normalized spacial score (nSPS) is 12.6. The first-order valence-corrected chi connectivity index (χ1v) is 6.06. The lowest BCUT2D eigenvalue weighted by atomic mass is 10.1. The van der Waals surface area contributed by atoms with E-state index in [-0.39, 0.29) is 0 Å². The number of hydrogen-bond donors (Lipinski definition) is 1. The van der Waals surface area contributed by atoms with E-state index in [0.717, 1.165) is 22.8 Å². The maximum absolute atomic E-state index is 11.0. The first kappa shape index (κ1) is 11.0. The van der Waals surface area contributed by atoms with Gasteiger partial charge >= 0.3 is 0 Å². The molecule has 2 rings (SSSR count). The maximum Gasteiger partial charge on any atom is 0.186 e. The molecule has 0 fully saturated rings. The van der Waals surface area contributed by atoms with Gasteiger partial charge in [0.2, 0.25) is 0 Å². The summed E-state index contributed by atoms with van der Waals surface area (Å²) in [5, 5.41) is 2.06. The van der Waals surface area contributed by atoms with E-state index in [1.165, 1.54) is 0 Å². The van der Waals surface area contributed by atoms with Crippen LogP contribution in [0.3, 0.4) is 0 Å². The summed E-state index contributed by atoms with van der Waals surface area (Å²) in [7, 11) is 0. The van der Waals surface area contributed by atoms with Crippen molar-refractivity contribution in [1.29, 1.82) is 0 Å². The highest BCUT2D eigenvalue weighted by Gasteiger charge is 2.01. The molecule has 1 atom stereocenters. The van der Waals surface area contributed by atoms with Gasteiger partial charge in [-0.15, -0.1) is 6.58 Å². The van der Waals surface area contributed by atoms with Crippen molar-refractivity contribution in [2.45, 2.75) is 11.3 Å². The second-order valence-corrected chi connectivity index (χ2v) is 4.55. The molecular formula is C13H12O2S. The molecule has 2 aromatic carbocycles. The van der Waals surface area contributed by atoms with Gasteiger partial charge in [-0.05, 0) is 34.9 Å². The van der Waals surface area contributed by atoms with E-state index in [2.05, 4.69) is 6.58 Å². The standard InChI is InChI=1S/C13H12O2S/c1-2-3-10-4-5-11-6-7-13(16(14)15)9-12(11)8-10/h2,4-9H,1,3H2,(H,14,15). The molecule has 0 heterocycles. The lowest BCUT2D eigenvalue weighted by Crippen LogP contribution is -1.88. The van der Waals surface area contributed by atoms with Crippen molar-refractivity contribution in [2.24, 2.45) is 0 Å². The highest BCUT2D eigenvalue weighted by molar-refractivity contribution is 7.79. The zero-order valence-electron chi connectivity index (χ0n) is 8.72. The van der Waals surface area contributed by atoms with Gasteiger partial charge in [0, 0.05) is 0 Å². The maximum atomic E-state index is 11.0. The summed E-state index contributed by atoms with van der Waals surface area (Å²) in [6.45, 7) is 3.69. The van der Waals surface area contributed by atoms with Crippen molar-refractivity contribution >= 4 is 21.9 Å². The molecule has 3 heteroatoms. The van der Waals surface area contributed by atoms with Crippen molar-refractivity contribution in [3.63, 3.8) is 0 Å². The third-order valence-electron chi connectivity index (χ3n) is 2.46. The molecule has 0 bridgehead atoms. The highest BCUT2D eigenvalue weighted by Crippen LogP contribution is 2.19. The van der Waals surface area contributed by atoms with Gasteiger partial charge in [0.05, 0.1) is 4.90 Å². The van der Waals surface area contributed by atoms with Gasteiger partial charge in [-0.2, -0.15) is 0 Å². The van der Waals surface area contributed by atoms with E-state index in [0.29, 0.717) is 4.90 Å². The minimum absolute atomic E-state index is 0.434. The van der Waals surface area contributed by atoms with E-state index in [4.69, 9.17) is 4.55 Å². The Kier molecular flexibility index (Phi) is 3.17. The topological polar surface area (TPSA) is 37.3 Å². The van der Waals surface area contributed by atoms with Gasteiger partial charge in [0.1, 0.15) is 0 Å². The fraction of sp³-hybridized carbons (Fsp3) is 0.0769. The molecule has 1 N–H and O–H groups in total. The first-order valence-electron chi connectivity index (χ1n) is 4.95. The molecule has 2 aromatic rings. The summed E-state index contributed by atoms with van der Waals surface area (Å²) < 4.78 is 20.0. The third-order valence-corrected chi connectivity index (χ3v) is 3.11. The molecule has 0 spiro atoms. The van der Waals surface area contributed by atoms with Crippen LogP contribution in [0.15, 0.2) is 53.9 Å². The first-order chi connectivity index (χ1) is 7.70. The summed E-state index contributed by atoms with van der Waals surface area (Å²) in [4.78, 5) is 0.434. The van der Waals surface area contributed by atoms with Gasteiger partial charge in [-0.25, -0.2) is 4.21 Å². The van der Waals surface area contributed by atoms with Crippen LogP contribution in [0.4, 0.5) is 0 Å². The summed E-state index contributed by atoms with van der Waals surface area (Å²) in [5.41, 5.74) is 1.16. The van der Waals surface area contributed by atoms with E-state index in [1.54, 1.807) is 12.1 Å². The molecular weight excluding hydrogens is 220 g/mol. The van der Waals surface area contributed by atoms with Crippen LogP contribution < -0.4 is 0 Å². The average molecular weight is 232 g/mol. The predicted octanol–water partition coefficient (Wildman–Crippen LogP) is 3.15. The van der Waals surface area contributed by atoms with Crippen LogP contribution in [0.1, 0.15) is 5.56 Å². The zero-order valence-corrected chi connectivity index (χ0v) is 9.54. The molecule has 0 aromatic heterocycles. The molecule has 0 amide bonds. The minimum atomic E-state index is -1.92. The second-order valence-electron chi connectivity index (χ2n) is 3.59. The van der Waals surface area contributed by atoms with Crippen molar-refractivity contribution < 1.29 is 8.76 Å². The Morgan fingerprint density at radius 1 is 1.19 bits per heavy atom. The number of fused-ring (bicyclic) bond motifs is 1. The van der Waals surface area contributed by atoms with Crippen molar-refractivity contribution in [3.8, 4) is 0 Å². The fourth-order valence-electron chi connectivity index (χ4n) is 1.68. The van der Waals surface area contributed by atoms with Crippen molar-refractivity contribution in [3.05, 3.63) is 54.6 Å². The second kappa shape index (κ2) is 4.60. The van der Waals surface area contributed by atoms with Gasteiger partial charge < -0.3 is 4.55 Å². The minimum Gasteiger partial charge on any atom is -0.302 e. The molecule has 16 heavy (non-hydrogen) atoms. The Hall–Kier alpha value is -1.45. The lowest BCUT2D eigenvalue weighted by molar-refractivity contribution is 0.564. The predicted molar refractivity (Wildman–Crippen MR) is 66.9 cm³/mol. The van der Waals surface area contributed by atoms with Gasteiger partial charge in [-0.1, -0.05) is 30.3 Å². The number of hydrogen-bond acceptors (Lipinski definition) is 1. The van der Waals surface area contributed by atoms with E-state index in [1.807, 2.05) is 30.3 Å².